The van der Waals surface area contributed by atoms with Gasteiger partial charge in [0.05, 0.1) is 5.69 Å². The number of para-hydroxylation sites is 1. The molecular weight excluding hydrogens is 346 g/mol. The molecule has 0 heterocycles. The zero-order chi connectivity index (χ0) is 18.6. The summed E-state index contributed by atoms with van der Waals surface area (Å²) in [4.78, 5) is 4.53. The first-order valence-electron chi connectivity index (χ1n) is 8.15. The fraction of sp³-hybridized carbons (Fsp3) is 0.0952. The topological polar surface area (TPSA) is 55.7 Å². The van der Waals surface area contributed by atoms with Gasteiger partial charge in [-0.15, -0.1) is 0 Å². The standard InChI is InChI=1S/C21H19NO3S/c1-16-10-12-20(13-11-16)26(23,24)25-21-9-4-3-7-18(21)15-22-19-8-5-6-17(2)14-19/h3-15H,1-2H3. The maximum Gasteiger partial charge on any atom is 0.339 e. The highest BCUT2D eigenvalue weighted by atomic mass is 32.2. The van der Waals surface area contributed by atoms with E-state index < -0.39 is 10.1 Å². The molecule has 3 rings (SSSR count). The van der Waals surface area contributed by atoms with Crippen molar-refractivity contribution in [2.24, 2.45) is 4.99 Å². The fourth-order valence-corrected chi connectivity index (χ4v) is 3.34. The minimum atomic E-state index is -3.90. The number of hydrogen-bond acceptors (Lipinski definition) is 4. The highest BCUT2D eigenvalue weighted by molar-refractivity contribution is 7.87. The smallest absolute Gasteiger partial charge is 0.339 e. The molecule has 0 unspecified atom stereocenters. The summed E-state index contributed by atoms with van der Waals surface area (Å²) >= 11 is 0. The van der Waals surface area contributed by atoms with Gasteiger partial charge in [0, 0.05) is 11.8 Å². The molecule has 0 bridgehead atoms. The first kappa shape index (κ1) is 17.9. The molecule has 0 aliphatic rings. The van der Waals surface area contributed by atoms with Crippen LogP contribution in [0.2, 0.25) is 0 Å². The molecule has 0 aromatic heterocycles. The second-order valence-electron chi connectivity index (χ2n) is 5.99. The summed E-state index contributed by atoms with van der Waals surface area (Å²) in [5.74, 6) is 0.240. The summed E-state index contributed by atoms with van der Waals surface area (Å²) in [6.07, 6.45) is 1.61. The van der Waals surface area contributed by atoms with E-state index in [1.54, 1.807) is 36.5 Å². The van der Waals surface area contributed by atoms with Gasteiger partial charge in [0.25, 0.3) is 0 Å². The van der Waals surface area contributed by atoms with Gasteiger partial charge in [0.1, 0.15) is 4.90 Å². The third-order valence-corrected chi connectivity index (χ3v) is 5.03. The molecule has 0 saturated heterocycles. The summed E-state index contributed by atoms with van der Waals surface area (Å²) in [5, 5.41) is 0. The van der Waals surface area contributed by atoms with Gasteiger partial charge in [0.15, 0.2) is 5.75 Å². The molecule has 26 heavy (non-hydrogen) atoms. The SMILES string of the molecule is Cc1ccc(S(=O)(=O)Oc2ccccc2C=Nc2cccc(C)c2)cc1. The zero-order valence-corrected chi connectivity index (χ0v) is 15.4. The van der Waals surface area contributed by atoms with Crippen molar-refractivity contribution < 1.29 is 12.6 Å². The van der Waals surface area contributed by atoms with Crippen molar-refractivity contribution in [3.8, 4) is 5.75 Å². The van der Waals surface area contributed by atoms with Crippen LogP contribution in [0.25, 0.3) is 0 Å². The first-order chi connectivity index (χ1) is 12.4. The lowest BCUT2D eigenvalue weighted by molar-refractivity contribution is 0.485. The average molecular weight is 365 g/mol. The monoisotopic (exact) mass is 365 g/mol. The van der Waals surface area contributed by atoms with Gasteiger partial charge < -0.3 is 4.18 Å². The molecular formula is C21H19NO3S. The Hall–Kier alpha value is -2.92. The van der Waals surface area contributed by atoms with Gasteiger partial charge in [-0.3, -0.25) is 4.99 Å². The summed E-state index contributed by atoms with van der Waals surface area (Å²) in [5.41, 5.74) is 3.46. The van der Waals surface area contributed by atoms with Crippen LogP contribution in [0.1, 0.15) is 16.7 Å². The Balaban J connectivity index is 1.88. The van der Waals surface area contributed by atoms with Crippen molar-refractivity contribution in [2.45, 2.75) is 18.7 Å². The Labute approximate surface area is 153 Å². The molecule has 0 spiro atoms. The van der Waals surface area contributed by atoms with Crippen molar-refractivity contribution in [1.29, 1.82) is 0 Å². The molecule has 0 amide bonds. The largest absolute Gasteiger partial charge is 0.378 e. The van der Waals surface area contributed by atoms with Gasteiger partial charge in [0.2, 0.25) is 0 Å². The summed E-state index contributed by atoms with van der Waals surface area (Å²) in [6.45, 7) is 3.89. The van der Waals surface area contributed by atoms with Crippen LogP contribution < -0.4 is 4.18 Å². The van der Waals surface area contributed by atoms with Crippen molar-refractivity contribution in [3.63, 3.8) is 0 Å². The van der Waals surface area contributed by atoms with Crippen molar-refractivity contribution in [2.75, 3.05) is 0 Å². The maximum atomic E-state index is 12.5. The van der Waals surface area contributed by atoms with Gasteiger partial charge in [-0.25, -0.2) is 0 Å². The van der Waals surface area contributed by atoms with Crippen molar-refractivity contribution in [1.82, 2.24) is 0 Å². The second kappa shape index (κ2) is 7.54. The lowest BCUT2D eigenvalue weighted by Gasteiger charge is -2.09. The van der Waals surface area contributed by atoms with Gasteiger partial charge in [-0.05, 0) is 55.8 Å². The van der Waals surface area contributed by atoms with Gasteiger partial charge in [-0.2, -0.15) is 8.42 Å². The Kier molecular flexibility index (Phi) is 5.19. The first-order valence-corrected chi connectivity index (χ1v) is 9.56. The van der Waals surface area contributed by atoms with Crippen LogP contribution in [0.4, 0.5) is 5.69 Å². The van der Waals surface area contributed by atoms with Crippen LogP contribution in [0.15, 0.2) is 82.7 Å². The molecule has 0 aliphatic carbocycles. The third-order valence-electron chi connectivity index (χ3n) is 3.78. The van der Waals surface area contributed by atoms with E-state index in [1.807, 2.05) is 44.2 Å². The predicted molar refractivity (Wildman–Crippen MR) is 104 cm³/mol. The Morgan fingerprint density at radius 3 is 2.31 bits per heavy atom. The van der Waals surface area contributed by atoms with Crippen LogP contribution >= 0.6 is 0 Å². The summed E-state index contributed by atoms with van der Waals surface area (Å²) in [6, 6.07) is 21.2. The van der Waals surface area contributed by atoms with E-state index in [0.29, 0.717) is 5.56 Å². The second-order valence-corrected chi connectivity index (χ2v) is 7.53. The van der Waals surface area contributed by atoms with E-state index in [1.165, 1.54) is 12.1 Å². The number of aryl methyl sites for hydroxylation is 2. The third kappa shape index (κ3) is 4.37. The molecule has 0 aliphatic heterocycles. The average Bonchev–Trinajstić information content (AvgIpc) is 2.61. The van der Waals surface area contributed by atoms with Crippen LogP contribution in [-0.2, 0) is 10.1 Å². The van der Waals surface area contributed by atoms with Gasteiger partial charge in [-0.1, -0.05) is 42.0 Å². The molecule has 3 aromatic carbocycles. The highest BCUT2D eigenvalue weighted by Gasteiger charge is 2.17. The molecule has 132 valence electrons. The lowest BCUT2D eigenvalue weighted by atomic mass is 10.2. The zero-order valence-electron chi connectivity index (χ0n) is 14.6. The van der Waals surface area contributed by atoms with E-state index in [2.05, 4.69) is 4.99 Å². The number of hydrogen-bond donors (Lipinski definition) is 0. The minimum absolute atomic E-state index is 0.119. The van der Waals surface area contributed by atoms with Crippen LogP contribution in [0.5, 0.6) is 5.75 Å². The Bertz CT molecular complexity index is 1040. The summed E-state index contributed by atoms with van der Waals surface area (Å²) < 4.78 is 30.4. The van der Waals surface area contributed by atoms with E-state index in [-0.39, 0.29) is 10.6 Å². The number of rotatable bonds is 5. The van der Waals surface area contributed by atoms with Crippen molar-refractivity contribution >= 4 is 22.0 Å². The molecule has 3 aromatic rings. The van der Waals surface area contributed by atoms with Crippen molar-refractivity contribution in [3.05, 3.63) is 89.5 Å². The number of nitrogens with zero attached hydrogens (tertiary/aromatic N) is 1. The highest BCUT2D eigenvalue weighted by Crippen LogP contribution is 2.23. The molecule has 0 radical (unpaired) electrons. The van der Waals surface area contributed by atoms with E-state index in [9.17, 15) is 8.42 Å². The Morgan fingerprint density at radius 1 is 0.846 bits per heavy atom. The van der Waals surface area contributed by atoms with E-state index in [4.69, 9.17) is 4.18 Å². The molecule has 0 atom stereocenters. The van der Waals surface area contributed by atoms with E-state index in [0.717, 1.165) is 16.8 Å². The Morgan fingerprint density at radius 2 is 1.58 bits per heavy atom. The van der Waals surface area contributed by atoms with Gasteiger partial charge >= 0.3 is 10.1 Å². The quantitative estimate of drug-likeness (QED) is 0.481. The number of benzene rings is 3. The van der Waals surface area contributed by atoms with Crippen LogP contribution in [-0.4, -0.2) is 14.6 Å². The fourth-order valence-electron chi connectivity index (χ4n) is 2.39. The van der Waals surface area contributed by atoms with Crippen LogP contribution in [0, 0.1) is 13.8 Å². The molecule has 0 N–H and O–H groups in total. The molecule has 5 heteroatoms. The minimum Gasteiger partial charge on any atom is -0.378 e. The maximum absolute atomic E-state index is 12.5. The van der Waals surface area contributed by atoms with Crippen LogP contribution in [0.3, 0.4) is 0 Å². The lowest BCUT2D eigenvalue weighted by Crippen LogP contribution is -2.10. The number of aliphatic imine (C=N–C) groups is 1. The molecule has 0 fully saturated rings. The normalized spacial score (nSPS) is 11.6. The predicted octanol–water partition coefficient (Wildman–Crippen LogP) is 4.82. The summed E-state index contributed by atoms with van der Waals surface area (Å²) in [7, 11) is -3.90. The molecule has 0 saturated carbocycles. The van der Waals surface area contributed by atoms with E-state index >= 15 is 0 Å². The molecule has 4 nitrogen and oxygen atoms in total.